The fourth-order valence-corrected chi connectivity index (χ4v) is 4.58. The lowest BCUT2D eigenvalue weighted by atomic mass is 10.0. The molecule has 0 bridgehead atoms. The number of hydrogen-bond donors (Lipinski definition) is 1. The molecule has 2 aromatic carbocycles. The Morgan fingerprint density at radius 1 is 1.06 bits per heavy atom. The van der Waals surface area contributed by atoms with Crippen LogP contribution < -0.4 is 10.9 Å². The molecule has 4 aromatic rings. The molecule has 0 radical (unpaired) electrons. The van der Waals surface area contributed by atoms with Crippen molar-refractivity contribution in [2.75, 3.05) is 11.9 Å². The topological polar surface area (TPSA) is 90.3 Å². The molecule has 2 heterocycles. The van der Waals surface area contributed by atoms with Crippen LogP contribution in [0.4, 0.5) is 5.69 Å². The van der Waals surface area contributed by atoms with Gasteiger partial charge < -0.3 is 10.1 Å². The van der Waals surface area contributed by atoms with E-state index in [9.17, 15) is 14.4 Å². The van der Waals surface area contributed by atoms with E-state index < -0.39 is 5.97 Å². The van der Waals surface area contributed by atoms with Gasteiger partial charge in [-0.2, -0.15) is 0 Å². The van der Waals surface area contributed by atoms with Crippen LogP contribution in [-0.2, 0) is 16.1 Å². The molecule has 4 rings (SSSR count). The van der Waals surface area contributed by atoms with Crippen LogP contribution >= 0.6 is 11.3 Å². The largest absolute Gasteiger partial charge is 0.462 e. The van der Waals surface area contributed by atoms with E-state index in [0.717, 1.165) is 21.6 Å². The van der Waals surface area contributed by atoms with Crippen LogP contribution in [0.2, 0.25) is 0 Å². The Morgan fingerprint density at radius 3 is 2.42 bits per heavy atom. The Kier molecular flexibility index (Phi) is 6.37. The Hall–Kier alpha value is -3.78. The van der Waals surface area contributed by atoms with Crippen LogP contribution in [0.25, 0.3) is 21.3 Å². The summed E-state index contributed by atoms with van der Waals surface area (Å²) in [5.41, 5.74) is 3.61. The first-order valence-corrected chi connectivity index (χ1v) is 11.3. The number of hydrogen-bond acceptors (Lipinski definition) is 6. The van der Waals surface area contributed by atoms with Crippen molar-refractivity contribution in [1.29, 1.82) is 0 Å². The summed E-state index contributed by atoms with van der Waals surface area (Å²) in [6.45, 7) is 5.84. The Bertz CT molecular complexity index is 1390. The van der Waals surface area contributed by atoms with Crippen molar-refractivity contribution < 1.29 is 14.3 Å². The number of anilines is 1. The number of thiophene rings is 1. The average molecular weight is 462 g/mol. The van der Waals surface area contributed by atoms with E-state index in [4.69, 9.17) is 4.74 Å². The number of carbonyl (C=O) groups excluding carboxylic acids is 2. The molecular formula is C25H23N3O4S. The summed E-state index contributed by atoms with van der Waals surface area (Å²) in [4.78, 5) is 43.7. The predicted molar refractivity (Wildman–Crippen MR) is 130 cm³/mol. The normalized spacial score (nSPS) is 10.9. The fraction of sp³-hybridized carbons (Fsp3) is 0.200. The highest BCUT2D eigenvalue weighted by Crippen LogP contribution is 2.35. The number of aromatic nitrogens is 2. The van der Waals surface area contributed by atoms with Crippen molar-refractivity contribution in [3.63, 3.8) is 0 Å². The van der Waals surface area contributed by atoms with Crippen LogP contribution in [0, 0.1) is 13.8 Å². The number of benzene rings is 2. The van der Waals surface area contributed by atoms with Gasteiger partial charge >= 0.3 is 5.97 Å². The van der Waals surface area contributed by atoms with Gasteiger partial charge in [0.05, 0.1) is 23.9 Å². The van der Waals surface area contributed by atoms with Gasteiger partial charge in [0.25, 0.3) is 5.56 Å². The van der Waals surface area contributed by atoms with Crippen molar-refractivity contribution in [3.8, 4) is 11.1 Å². The smallest absolute Gasteiger partial charge is 0.338 e. The zero-order valence-corrected chi connectivity index (χ0v) is 19.4. The first-order chi connectivity index (χ1) is 15.9. The van der Waals surface area contributed by atoms with E-state index in [1.165, 1.54) is 22.2 Å². The van der Waals surface area contributed by atoms with E-state index in [-0.39, 0.29) is 18.0 Å². The molecule has 0 aliphatic carbocycles. The van der Waals surface area contributed by atoms with Crippen LogP contribution in [-0.4, -0.2) is 28.0 Å². The van der Waals surface area contributed by atoms with Gasteiger partial charge in [0.15, 0.2) is 0 Å². The van der Waals surface area contributed by atoms with Gasteiger partial charge in [-0.25, -0.2) is 9.78 Å². The van der Waals surface area contributed by atoms with Gasteiger partial charge in [0, 0.05) is 16.1 Å². The van der Waals surface area contributed by atoms with Crippen molar-refractivity contribution in [2.24, 2.45) is 0 Å². The molecule has 0 spiro atoms. The number of ether oxygens (including phenoxy) is 1. The number of amides is 1. The maximum atomic E-state index is 13.3. The summed E-state index contributed by atoms with van der Waals surface area (Å²) in [6.07, 6.45) is 1.41. The maximum absolute atomic E-state index is 13.3. The van der Waals surface area contributed by atoms with Crippen LogP contribution in [0.1, 0.15) is 27.7 Å². The van der Waals surface area contributed by atoms with Crippen molar-refractivity contribution >= 4 is 39.1 Å². The first-order valence-electron chi connectivity index (χ1n) is 10.5. The minimum Gasteiger partial charge on any atom is -0.462 e. The molecule has 0 saturated heterocycles. The van der Waals surface area contributed by atoms with E-state index >= 15 is 0 Å². The third-order valence-electron chi connectivity index (χ3n) is 5.19. The number of nitrogens with one attached hydrogen (secondary N) is 1. The molecular weight excluding hydrogens is 438 g/mol. The Morgan fingerprint density at radius 2 is 1.76 bits per heavy atom. The monoisotopic (exact) mass is 461 g/mol. The van der Waals surface area contributed by atoms with Crippen molar-refractivity contribution in [1.82, 2.24) is 9.55 Å². The molecule has 33 heavy (non-hydrogen) atoms. The number of aryl methyl sites for hydroxylation is 2. The third-order valence-corrected chi connectivity index (χ3v) is 6.20. The lowest BCUT2D eigenvalue weighted by molar-refractivity contribution is -0.116. The van der Waals surface area contributed by atoms with Gasteiger partial charge in [0.2, 0.25) is 5.91 Å². The molecule has 1 N–H and O–H groups in total. The van der Waals surface area contributed by atoms with Crippen molar-refractivity contribution in [2.45, 2.75) is 27.3 Å². The van der Waals surface area contributed by atoms with Crippen LogP contribution in [0.3, 0.4) is 0 Å². The number of rotatable bonds is 6. The molecule has 8 heteroatoms. The minimum atomic E-state index is -0.420. The highest BCUT2D eigenvalue weighted by atomic mass is 32.1. The minimum absolute atomic E-state index is 0.177. The second-order valence-electron chi connectivity index (χ2n) is 7.60. The highest BCUT2D eigenvalue weighted by Gasteiger charge is 2.18. The van der Waals surface area contributed by atoms with Gasteiger partial charge in [-0.3, -0.25) is 14.2 Å². The zero-order chi connectivity index (χ0) is 23.5. The second kappa shape index (κ2) is 9.38. The Labute approximate surface area is 194 Å². The maximum Gasteiger partial charge on any atom is 0.338 e. The van der Waals surface area contributed by atoms with Crippen molar-refractivity contribution in [3.05, 3.63) is 81.2 Å². The molecule has 0 fully saturated rings. The summed E-state index contributed by atoms with van der Waals surface area (Å²) in [7, 11) is 0. The lowest BCUT2D eigenvalue weighted by Crippen LogP contribution is -2.27. The van der Waals surface area contributed by atoms with E-state index in [2.05, 4.69) is 10.3 Å². The SMILES string of the molecule is CCOC(=O)c1ccc(NC(=O)Cn2cnc3sc(C)c(-c4ccc(C)cc4)c3c2=O)cc1. The number of fused-ring (bicyclic) bond motifs is 1. The average Bonchev–Trinajstić information content (AvgIpc) is 3.13. The van der Waals surface area contributed by atoms with Gasteiger partial charge in [-0.15, -0.1) is 11.3 Å². The second-order valence-corrected chi connectivity index (χ2v) is 8.81. The molecule has 0 aliphatic heterocycles. The van der Waals surface area contributed by atoms with E-state index in [0.29, 0.717) is 28.1 Å². The molecule has 2 aromatic heterocycles. The molecule has 0 unspecified atom stereocenters. The number of nitrogens with zero attached hydrogens (tertiary/aromatic N) is 2. The molecule has 1 amide bonds. The van der Waals surface area contributed by atoms with E-state index in [1.54, 1.807) is 31.2 Å². The first kappa shape index (κ1) is 22.4. The van der Waals surface area contributed by atoms with Gasteiger partial charge in [0.1, 0.15) is 11.4 Å². The summed E-state index contributed by atoms with van der Waals surface area (Å²) in [5, 5.41) is 3.27. The summed E-state index contributed by atoms with van der Waals surface area (Å²) < 4.78 is 6.27. The third kappa shape index (κ3) is 4.70. The summed E-state index contributed by atoms with van der Waals surface area (Å²) >= 11 is 1.47. The molecule has 0 aliphatic rings. The molecule has 7 nitrogen and oxygen atoms in total. The number of esters is 1. The standard InChI is InChI=1S/C25H23N3O4S/c1-4-32-25(31)18-9-11-19(12-10-18)27-20(29)13-28-14-26-23-22(24(28)30)21(16(3)33-23)17-7-5-15(2)6-8-17/h5-12,14H,4,13H2,1-3H3,(H,27,29). The summed E-state index contributed by atoms with van der Waals surface area (Å²) in [5.74, 6) is -0.789. The van der Waals surface area contributed by atoms with Crippen LogP contribution in [0.15, 0.2) is 59.7 Å². The Balaban J connectivity index is 1.58. The molecule has 168 valence electrons. The molecule has 0 atom stereocenters. The predicted octanol–water partition coefficient (Wildman–Crippen LogP) is 4.56. The number of carbonyl (C=O) groups is 2. The lowest BCUT2D eigenvalue weighted by Gasteiger charge is -2.09. The van der Waals surface area contributed by atoms with Crippen LogP contribution in [0.5, 0.6) is 0 Å². The summed E-state index contributed by atoms with van der Waals surface area (Å²) in [6, 6.07) is 14.4. The highest BCUT2D eigenvalue weighted by molar-refractivity contribution is 7.19. The van der Waals surface area contributed by atoms with E-state index in [1.807, 2.05) is 38.1 Å². The fourth-order valence-electron chi connectivity index (χ4n) is 3.58. The quantitative estimate of drug-likeness (QED) is 0.425. The molecule has 0 saturated carbocycles. The zero-order valence-electron chi connectivity index (χ0n) is 18.5. The van der Waals surface area contributed by atoms with Gasteiger partial charge in [-0.1, -0.05) is 29.8 Å². The van der Waals surface area contributed by atoms with Gasteiger partial charge in [-0.05, 0) is 50.6 Å².